The molecule has 7 nitrogen and oxygen atoms in total. The molecule has 86 valence electrons. The highest BCUT2D eigenvalue weighted by Gasteiger charge is 2.23. The van der Waals surface area contributed by atoms with Crippen LogP contribution in [0.2, 0.25) is 0 Å². The molecule has 0 aromatic rings. The average Bonchev–Trinajstić information content (AvgIpc) is 2.11. The first kappa shape index (κ1) is 13.8. The average molecular weight is 229 g/mol. The fourth-order valence-electron chi connectivity index (χ4n) is 0.923. The molecule has 14 heavy (non-hydrogen) atoms. The highest BCUT2D eigenvalue weighted by atomic mass is 32.2. The van der Waals surface area contributed by atoms with Crippen molar-refractivity contribution < 1.29 is 32.8 Å². The Morgan fingerprint density at radius 2 is 1.50 bits per heavy atom. The van der Waals surface area contributed by atoms with Crippen LogP contribution >= 0.6 is 0 Å². The molecule has 0 rings (SSSR count). The van der Waals surface area contributed by atoms with Gasteiger partial charge in [-0.2, -0.15) is 0 Å². The normalized spacial score (nSPS) is 13.1. The van der Waals surface area contributed by atoms with E-state index < -0.39 is 40.5 Å². The summed E-state index contributed by atoms with van der Waals surface area (Å²) in [6.07, 6.45) is -0.00644. The van der Waals surface area contributed by atoms with Crippen molar-refractivity contribution in [3.05, 3.63) is 0 Å². The molecular formula is C6H15NO6S. The quantitative estimate of drug-likeness (QED) is 0.254. The van der Waals surface area contributed by atoms with Crippen LogP contribution in [0, 0.1) is 0 Å². The van der Waals surface area contributed by atoms with Gasteiger partial charge in [-0.3, -0.25) is 4.48 Å². The molecule has 0 radical (unpaired) electrons. The van der Waals surface area contributed by atoms with Gasteiger partial charge in [0.2, 0.25) is 0 Å². The van der Waals surface area contributed by atoms with E-state index in [0.29, 0.717) is 0 Å². The lowest BCUT2D eigenvalue weighted by atomic mass is 10.4. The summed E-state index contributed by atoms with van der Waals surface area (Å²) in [7, 11) is -4.28. The Morgan fingerprint density at radius 1 is 1.07 bits per heavy atom. The monoisotopic (exact) mass is 229 g/mol. The molecule has 3 N–H and O–H groups in total. The molecule has 0 bridgehead atoms. The third-order valence-electron chi connectivity index (χ3n) is 1.93. The van der Waals surface area contributed by atoms with Gasteiger partial charge in [0.05, 0.1) is 16.7 Å². The van der Waals surface area contributed by atoms with Crippen LogP contribution in [0.3, 0.4) is 0 Å². The van der Waals surface area contributed by atoms with Crippen molar-refractivity contribution in [3.63, 3.8) is 0 Å². The minimum absolute atomic E-state index is 0.00644. The molecule has 0 fully saturated rings. The van der Waals surface area contributed by atoms with Gasteiger partial charge in [-0.15, -0.1) is 0 Å². The van der Waals surface area contributed by atoms with Crippen LogP contribution in [0.15, 0.2) is 0 Å². The van der Waals surface area contributed by atoms with Crippen molar-refractivity contribution >= 4 is 10.1 Å². The summed E-state index contributed by atoms with van der Waals surface area (Å²) >= 11 is 0. The van der Waals surface area contributed by atoms with Crippen LogP contribution in [0.1, 0.15) is 6.42 Å². The van der Waals surface area contributed by atoms with E-state index in [0.717, 1.165) is 0 Å². The molecule has 0 saturated carbocycles. The van der Waals surface area contributed by atoms with Crippen molar-refractivity contribution in [2.75, 3.05) is 32.5 Å². The Labute approximate surface area is 82.5 Å². The van der Waals surface area contributed by atoms with Crippen LogP contribution in [0.4, 0.5) is 0 Å². The van der Waals surface area contributed by atoms with E-state index in [1.807, 2.05) is 0 Å². The zero-order valence-electron chi connectivity index (χ0n) is 7.66. The minimum atomic E-state index is -4.28. The second kappa shape index (κ2) is 5.59. The number of aliphatic hydroxyl groups is 3. The highest BCUT2D eigenvalue weighted by molar-refractivity contribution is 7.85. The fourth-order valence-corrected chi connectivity index (χ4v) is 1.41. The summed E-state index contributed by atoms with van der Waals surface area (Å²) in [4.78, 5) is 0. The molecular weight excluding hydrogens is 214 g/mol. The minimum Gasteiger partial charge on any atom is -0.748 e. The first-order valence-electron chi connectivity index (χ1n) is 4.00. The van der Waals surface area contributed by atoms with E-state index in [1.54, 1.807) is 0 Å². The van der Waals surface area contributed by atoms with Crippen LogP contribution in [0.25, 0.3) is 0 Å². The van der Waals surface area contributed by atoms with Crippen molar-refractivity contribution in [1.29, 1.82) is 0 Å². The maximum atomic E-state index is 10.2. The molecule has 0 aliphatic rings. The molecule has 0 aliphatic carbocycles. The van der Waals surface area contributed by atoms with Gasteiger partial charge in [0.1, 0.15) is 0 Å². The van der Waals surface area contributed by atoms with Crippen molar-refractivity contribution in [1.82, 2.24) is 0 Å². The predicted octanol–water partition coefficient (Wildman–Crippen LogP) is -2.41. The summed E-state index contributed by atoms with van der Waals surface area (Å²) in [5.41, 5.74) is 0. The molecule has 0 aromatic carbocycles. The Hall–Kier alpha value is -0.250. The summed E-state index contributed by atoms with van der Waals surface area (Å²) in [6.45, 7) is -1.49. The molecule has 0 amide bonds. The first-order chi connectivity index (χ1) is 6.39. The van der Waals surface area contributed by atoms with Crippen LogP contribution in [0.5, 0.6) is 0 Å². The van der Waals surface area contributed by atoms with Gasteiger partial charge in [0.15, 0.2) is 20.2 Å². The molecule has 0 aromatic heterocycles. The lowest BCUT2D eigenvalue weighted by molar-refractivity contribution is -0.976. The number of hydrogen-bond acceptors (Lipinski definition) is 6. The topological polar surface area (TPSA) is 118 Å². The maximum absolute atomic E-state index is 10.2. The van der Waals surface area contributed by atoms with Gasteiger partial charge in [-0.05, 0) is 0 Å². The van der Waals surface area contributed by atoms with Crippen LogP contribution in [-0.2, 0) is 10.1 Å². The Kier molecular flexibility index (Phi) is 5.49. The standard InChI is InChI=1S/C6H15NO6S/c8-4-7(5-9,6-10)2-1-3-14(11,12)13/h8-10H,1-6H2. The highest BCUT2D eigenvalue weighted by Crippen LogP contribution is 2.04. The van der Waals surface area contributed by atoms with Gasteiger partial charge in [-0.1, -0.05) is 0 Å². The fraction of sp³-hybridized carbons (Fsp3) is 1.00. The largest absolute Gasteiger partial charge is 0.748 e. The number of rotatable bonds is 7. The van der Waals surface area contributed by atoms with Gasteiger partial charge in [-0.25, -0.2) is 8.42 Å². The number of hydrogen-bond donors (Lipinski definition) is 3. The van der Waals surface area contributed by atoms with Crippen LogP contribution < -0.4 is 0 Å². The Balaban J connectivity index is 4.08. The van der Waals surface area contributed by atoms with Gasteiger partial charge >= 0.3 is 0 Å². The number of quaternary nitrogens is 1. The van der Waals surface area contributed by atoms with Gasteiger partial charge < -0.3 is 19.9 Å². The maximum Gasteiger partial charge on any atom is 0.183 e. The van der Waals surface area contributed by atoms with E-state index in [4.69, 9.17) is 15.3 Å². The molecule has 0 atom stereocenters. The SMILES string of the molecule is O=S(=O)([O-])CCC[N+](CO)(CO)CO. The molecule has 0 unspecified atom stereocenters. The van der Waals surface area contributed by atoms with Gasteiger partial charge in [0.25, 0.3) is 0 Å². The molecule has 0 spiro atoms. The zero-order chi connectivity index (χ0) is 11.2. The summed E-state index contributed by atoms with van der Waals surface area (Å²) in [5, 5.41) is 26.5. The number of aliphatic hydroxyl groups excluding tert-OH is 3. The van der Waals surface area contributed by atoms with E-state index in [9.17, 15) is 13.0 Å². The molecule has 0 heterocycles. The Bertz CT molecular complexity index is 239. The summed E-state index contributed by atoms with van der Waals surface area (Å²) in [6, 6.07) is 0. The van der Waals surface area contributed by atoms with Crippen LogP contribution in [-0.4, -0.2) is 65.3 Å². The zero-order valence-corrected chi connectivity index (χ0v) is 8.48. The third-order valence-corrected chi connectivity index (χ3v) is 2.72. The lowest BCUT2D eigenvalue weighted by Crippen LogP contribution is -2.51. The smallest absolute Gasteiger partial charge is 0.183 e. The lowest BCUT2D eigenvalue weighted by Gasteiger charge is -2.31. The van der Waals surface area contributed by atoms with Crippen molar-refractivity contribution in [2.45, 2.75) is 6.42 Å². The first-order valence-corrected chi connectivity index (χ1v) is 5.58. The molecule has 0 saturated heterocycles. The Morgan fingerprint density at radius 3 is 1.79 bits per heavy atom. The van der Waals surface area contributed by atoms with E-state index in [2.05, 4.69) is 0 Å². The second-order valence-electron chi connectivity index (χ2n) is 3.10. The van der Waals surface area contributed by atoms with E-state index >= 15 is 0 Å². The van der Waals surface area contributed by atoms with E-state index in [1.165, 1.54) is 0 Å². The van der Waals surface area contributed by atoms with Crippen molar-refractivity contribution in [3.8, 4) is 0 Å². The third kappa shape index (κ3) is 4.84. The summed E-state index contributed by atoms with van der Waals surface area (Å²) < 4.78 is 30.3. The summed E-state index contributed by atoms with van der Waals surface area (Å²) in [5.74, 6) is -0.562. The van der Waals surface area contributed by atoms with Crippen molar-refractivity contribution in [2.24, 2.45) is 0 Å². The second-order valence-corrected chi connectivity index (χ2v) is 4.63. The predicted molar refractivity (Wildman–Crippen MR) is 45.6 cm³/mol. The molecule has 8 heteroatoms. The number of nitrogens with zero attached hydrogens (tertiary/aromatic N) is 1. The van der Waals surface area contributed by atoms with Gasteiger partial charge in [0, 0.05) is 12.2 Å². The molecule has 0 aliphatic heterocycles. The van der Waals surface area contributed by atoms with E-state index in [-0.39, 0.29) is 13.0 Å².